The van der Waals surface area contributed by atoms with Crippen LogP contribution in [0, 0.1) is 5.92 Å². The van der Waals surface area contributed by atoms with Crippen LogP contribution in [0.1, 0.15) is 23.3 Å². The number of hydrogen-bond acceptors (Lipinski definition) is 6. The van der Waals surface area contributed by atoms with Crippen molar-refractivity contribution in [1.29, 1.82) is 0 Å². The van der Waals surface area contributed by atoms with E-state index in [1.807, 2.05) is 5.43 Å². The van der Waals surface area contributed by atoms with Crippen LogP contribution in [0.5, 0.6) is 0 Å². The Kier molecular flexibility index (Phi) is 5.25. The Bertz CT molecular complexity index is 403. The SMILES string of the molecule is NNC(=O)c1cn(CCOCC2CCOCC2)nn1. The van der Waals surface area contributed by atoms with Gasteiger partial charge in [0, 0.05) is 19.8 Å². The van der Waals surface area contributed by atoms with Crippen molar-refractivity contribution < 1.29 is 14.3 Å². The summed E-state index contributed by atoms with van der Waals surface area (Å²) in [6, 6.07) is 0. The molecule has 3 N–H and O–H groups in total. The van der Waals surface area contributed by atoms with E-state index < -0.39 is 5.91 Å². The van der Waals surface area contributed by atoms with Crippen molar-refractivity contribution >= 4 is 5.91 Å². The molecule has 1 fully saturated rings. The molecular formula is C11H19N5O3. The molecule has 2 heterocycles. The van der Waals surface area contributed by atoms with Crippen molar-refractivity contribution in [2.75, 3.05) is 26.4 Å². The molecule has 0 spiro atoms. The van der Waals surface area contributed by atoms with Gasteiger partial charge in [-0.05, 0) is 18.8 Å². The second kappa shape index (κ2) is 7.17. The lowest BCUT2D eigenvalue weighted by molar-refractivity contribution is 0.0183. The molecule has 0 atom stereocenters. The highest BCUT2D eigenvalue weighted by atomic mass is 16.5. The monoisotopic (exact) mass is 269 g/mol. The average molecular weight is 269 g/mol. The second-order valence-corrected chi connectivity index (χ2v) is 4.47. The molecule has 2 rings (SSSR count). The number of nitrogens with one attached hydrogen (secondary N) is 1. The highest BCUT2D eigenvalue weighted by Crippen LogP contribution is 2.14. The molecular weight excluding hydrogens is 250 g/mol. The molecule has 19 heavy (non-hydrogen) atoms. The first-order valence-electron chi connectivity index (χ1n) is 6.36. The molecule has 0 bridgehead atoms. The number of rotatable bonds is 6. The number of ether oxygens (including phenoxy) is 2. The van der Waals surface area contributed by atoms with Crippen molar-refractivity contribution in [2.24, 2.45) is 11.8 Å². The third kappa shape index (κ3) is 4.27. The van der Waals surface area contributed by atoms with Crippen LogP contribution in [-0.2, 0) is 16.0 Å². The van der Waals surface area contributed by atoms with Crippen LogP contribution in [-0.4, -0.2) is 47.3 Å². The van der Waals surface area contributed by atoms with E-state index in [-0.39, 0.29) is 5.69 Å². The fraction of sp³-hybridized carbons (Fsp3) is 0.727. The number of nitrogens with two attached hydrogens (primary N) is 1. The normalized spacial score (nSPS) is 16.5. The summed E-state index contributed by atoms with van der Waals surface area (Å²) in [5.41, 5.74) is 2.21. The third-order valence-corrected chi connectivity index (χ3v) is 3.06. The number of carbonyl (C=O) groups excluding carboxylic acids is 1. The maximum atomic E-state index is 11.2. The maximum absolute atomic E-state index is 11.2. The first-order chi connectivity index (χ1) is 9.29. The number of nitrogens with zero attached hydrogens (tertiary/aromatic N) is 3. The standard InChI is InChI=1S/C11H19N5O3/c12-13-11(17)10-7-16(15-14-10)3-6-19-8-9-1-4-18-5-2-9/h7,9H,1-6,8,12H2,(H,13,17). The topological polar surface area (TPSA) is 104 Å². The van der Waals surface area contributed by atoms with Crippen LogP contribution in [0.25, 0.3) is 0 Å². The Morgan fingerprint density at radius 1 is 1.58 bits per heavy atom. The Balaban J connectivity index is 1.65. The number of hydrogen-bond donors (Lipinski definition) is 2. The molecule has 0 saturated carbocycles. The summed E-state index contributed by atoms with van der Waals surface area (Å²) in [6.07, 6.45) is 3.66. The van der Waals surface area contributed by atoms with Gasteiger partial charge >= 0.3 is 0 Å². The summed E-state index contributed by atoms with van der Waals surface area (Å²) in [6.45, 7) is 3.51. The van der Waals surface area contributed by atoms with Crippen LogP contribution in [0.15, 0.2) is 6.20 Å². The minimum atomic E-state index is -0.450. The minimum Gasteiger partial charge on any atom is -0.381 e. The smallest absolute Gasteiger partial charge is 0.287 e. The Morgan fingerprint density at radius 2 is 2.37 bits per heavy atom. The molecule has 0 aliphatic carbocycles. The number of carbonyl (C=O) groups is 1. The van der Waals surface area contributed by atoms with Crippen molar-refractivity contribution in [3.63, 3.8) is 0 Å². The third-order valence-electron chi connectivity index (χ3n) is 3.06. The minimum absolute atomic E-state index is 0.201. The van der Waals surface area contributed by atoms with Gasteiger partial charge in [0.15, 0.2) is 5.69 Å². The molecule has 1 aliphatic heterocycles. The fourth-order valence-corrected chi connectivity index (χ4v) is 1.91. The van der Waals surface area contributed by atoms with E-state index in [9.17, 15) is 4.79 Å². The predicted octanol–water partition coefficient (Wildman–Crippen LogP) is -0.675. The van der Waals surface area contributed by atoms with Crippen LogP contribution < -0.4 is 11.3 Å². The van der Waals surface area contributed by atoms with Gasteiger partial charge in [-0.3, -0.25) is 10.2 Å². The summed E-state index contributed by atoms with van der Waals surface area (Å²) < 4.78 is 12.5. The molecule has 1 aromatic heterocycles. The van der Waals surface area contributed by atoms with Gasteiger partial charge in [0.2, 0.25) is 0 Å². The molecule has 8 heteroatoms. The van der Waals surface area contributed by atoms with E-state index >= 15 is 0 Å². The highest BCUT2D eigenvalue weighted by Gasteiger charge is 2.13. The summed E-state index contributed by atoms with van der Waals surface area (Å²) >= 11 is 0. The van der Waals surface area contributed by atoms with Gasteiger partial charge in [0.1, 0.15) is 0 Å². The Morgan fingerprint density at radius 3 is 3.11 bits per heavy atom. The number of nitrogen functional groups attached to an aromatic ring is 1. The Labute approximate surface area is 111 Å². The van der Waals surface area contributed by atoms with Crippen LogP contribution in [0.4, 0.5) is 0 Å². The van der Waals surface area contributed by atoms with Crippen molar-refractivity contribution in [3.8, 4) is 0 Å². The lowest BCUT2D eigenvalue weighted by Gasteiger charge is -2.21. The van der Waals surface area contributed by atoms with Gasteiger partial charge in [-0.1, -0.05) is 5.21 Å². The first kappa shape index (κ1) is 13.9. The molecule has 0 aromatic carbocycles. The van der Waals surface area contributed by atoms with Crippen LogP contribution in [0.2, 0.25) is 0 Å². The van der Waals surface area contributed by atoms with E-state index in [1.165, 1.54) is 0 Å². The molecule has 1 saturated heterocycles. The van der Waals surface area contributed by atoms with Crippen molar-refractivity contribution in [1.82, 2.24) is 20.4 Å². The van der Waals surface area contributed by atoms with Gasteiger partial charge < -0.3 is 9.47 Å². The average Bonchev–Trinajstić information content (AvgIpc) is 2.93. The maximum Gasteiger partial charge on any atom is 0.287 e. The van der Waals surface area contributed by atoms with Gasteiger partial charge in [0.25, 0.3) is 5.91 Å². The molecule has 106 valence electrons. The summed E-state index contributed by atoms with van der Waals surface area (Å²) in [5.74, 6) is 5.14. The fourth-order valence-electron chi connectivity index (χ4n) is 1.91. The number of hydrazine groups is 1. The molecule has 8 nitrogen and oxygen atoms in total. The Hall–Kier alpha value is -1.51. The molecule has 1 amide bonds. The summed E-state index contributed by atoms with van der Waals surface area (Å²) in [7, 11) is 0. The zero-order valence-electron chi connectivity index (χ0n) is 10.7. The van der Waals surface area contributed by atoms with Gasteiger partial charge in [-0.15, -0.1) is 5.10 Å². The summed E-state index contributed by atoms with van der Waals surface area (Å²) in [4.78, 5) is 11.2. The van der Waals surface area contributed by atoms with E-state index in [2.05, 4.69) is 10.3 Å². The van der Waals surface area contributed by atoms with Crippen LogP contribution >= 0.6 is 0 Å². The van der Waals surface area contributed by atoms with Gasteiger partial charge in [0.05, 0.1) is 19.3 Å². The largest absolute Gasteiger partial charge is 0.381 e. The van der Waals surface area contributed by atoms with E-state index in [0.717, 1.165) is 32.7 Å². The second-order valence-electron chi connectivity index (χ2n) is 4.47. The molecule has 1 aromatic rings. The zero-order chi connectivity index (χ0) is 13.5. The van der Waals surface area contributed by atoms with E-state index in [0.29, 0.717) is 19.1 Å². The van der Waals surface area contributed by atoms with E-state index in [1.54, 1.807) is 10.9 Å². The number of amides is 1. The quantitative estimate of drug-likeness (QED) is 0.307. The lowest BCUT2D eigenvalue weighted by atomic mass is 10.0. The van der Waals surface area contributed by atoms with E-state index in [4.69, 9.17) is 15.3 Å². The lowest BCUT2D eigenvalue weighted by Crippen LogP contribution is -2.30. The van der Waals surface area contributed by atoms with Crippen molar-refractivity contribution in [3.05, 3.63) is 11.9 Å². The first-order valence-corrected chi connectivity index (χ1v) is 6.36. The highest BCUT2D eigenvalue weighted by molar-refractivity contribution is 5.91. The van der Waals surface area contributed by atoms with Crippen molar-refractivity contribution in [2.45, 2.75) is 19.4 Å². The predicted molar refractivity (Wildman–Crippen MR) is 66.0 cm³/mol. The molecule has 0 unspecified atom stereocenters. The molecule has 0 radical (unpaired) electrons. The summed E-state index contributed by atoms with van der Waals surface area (Å²) in [5, 5.41) is 7.52. The van der Waals surface area contributed by atoms with Crippen LogP contribution in [0.3, 0.4) is 0 Å². The molecule has 1 aliphatic rings. The zero-order valence-corrected chi connectivity index (χ0v) is 10.7. The van der Waals surface area contributed by atoms with Gasteiger partial charge in [-0.25, -0.2) is 10.5 Å². The van der Waals surface area contributed by atoms with Gasteiger partial charge in [-0.2, -0.15) is 0 Å². The number of aromatic nitrogens is 3.